The molecule has 5 heteroatoms. The minimum atomic E-state index is 0.536. The lowest BCUT2D eigenvalue weighted by Gasteiger charge is -2.35. The van der Waals surface area contributed by atoms with Crippen LogP contribution in [0.1, 0.15) is 65.4 Å². The molecule has 0 aromatic heterocycles. The van der Waals surface area contributed by atoms with Crippen molar-refractivity contribution in [2.75, 3.05) is 40.5 Å². The Hall–Kier alpha value is -2.40. The lowest BCUT2D eigenvalue weighted by molar-refractivity contribution is 0.105. The number of nitrogens with zero attached hydrogens (tertiary/aromatic N) is 1. The fraction of sp³-hybridized carbons (Fsp3) is 0.600. The standard InChI is InChI=1S/C30H45NO4/c1-7-9-10-16-34-30-24(8-2)17-26(25-13-14-27(32-5)28(18-25)33-6)19-29(30)35-21-23-12-11-15-31(20-23)22(3)4/h13-14,17-19,22-23H,7-12,15-16,20-21H2,1-6H3. The SMILES string of the molecule is CCCCCOc1c(CC)cc(-c2ccc(OC)c(OC)c2)cc1OCC1CCCN(C(C)C)C1. The molecule has 194 valence electrons. The summed E-state index contributed by atoms with van der Waals surface area (Å²) < 4.78 is 23.9. The Balaban J connectivity index is 1.90. The summed E-state index contributed by atoms with van der Waals surface area (Å²) in [5.41, 5.74) is 3.35. The van der Waals surface area contributed by atoms with Gasteiger partial charge in [0.05, 0.1) is 27.4 Å². The van der Waals surface area contributed by atoms with E-state index < -0.39 is 0 Å². The molecule has 1 saturated heterocycles. The van der Waals surface area contributed by atoms with Gasteiger partial charge in [-0.15, -0.1) is 0 Å². The van der Waals surface area contributed by atoms with E-state index in [0.29, 0.717) is 18.6 Å². The van der Waals surface area contributed by atoms with Gasteiger partial charge in [-0.25, -0.2) is 0 Å². The third-order valence-corrected chi connectivity index (χ3v) is 6.98. The second kappa shape index (κ2) is 13.6. The molecule has 0 amide bonds. The van der Waals surface area contributed by atoms with Crippen LogP contribution in [0.2, 0.25) is 0 Å². The monoisotopic (exact) mass is 483 g/mol. The molecule has 0 aliphatic carbocycles. The minimum absolute atomic E-state index is 0.536. The smallest absolute Gasteiger partial charge is 0.164 e. The van der Waals surface area contributed by atoms with Crippen molar-refractivity contribution in [1.29, 1.82) is 0 Å². The highest BCUT2D eigenvalue weighted by Crippen LogP contribution is 2.40. The number of rotatable bonds is 13. The average molecular weight is 484 g/mol. The van der Waals surface area contributed by atoms with Crippen LogP contribution in [0.25, 0.3) is 11.1 Å². The van der Waals surface area contributed by atoms with Crippen LogP contribution >= 0.6 is 0 Å². The van der Waals surface area contributed by atoms with E-state index in [0.717, 1.165) is 60.1 Å². The molecule has 0 spiro atoms. The highest BCUT2D eigenvalue weighted by Gasteiger charge is 2.23. The molecule has 1 fully saturated rings. The molecule has 0 radical (unpaired) electrons. The first-order valence-electron chi connectivity index (χ1n) is 13.4. The fourth-order valence-electron chi connectivity index (χ4n) is 4.81. The fourth-order valence-corrected chi connectivity index (χ4v) is 4.81. The first-order valence-corrected chi connectivity index (χ1v) is 13.4. The summed E-state index contributed by atoms with van der Waals surface area (Å²) in [5.74, 6) is 3.75. The maximum atomic E-state index is 6.56. The predicted molar refractivity (Wildman–Crippen MR) is 144 cm³/mol. The van der Waals surface area contributed by atoms with E-state index in [1.54, 1.807) is 14.2 Å². The van der Waals surface area contributed by atoms with Crippen molar-refractivity contribution in [1.82, 2.24) is 4.90 Å². The van der Waals surface area contributed by atoms with Gasteiger partial charge in [-0.3, -0.25) is 0 Å². The summed E-state index contributed by atoms with van der Waals surface area (Å²) in [4.78, 5) is 2.57. The molecule has 2 aromatic carbocycles. The van der Waals surface area contributed by atoms with Gasteiger partial charge in [0.15, 0.2) is 23.0 Å². The normalized spacial score (nSPS) is 16.4. The zero-order valence-corrected chi connectivity index (χ0v) is 22.7. The van der Waals surface area contributed by atoms with Gasteiger partial charge in [-0.1, -0.05) is 32.8 Å². The Morgan fingerprint density at radius 2 is 1.69 bits per heavy atom. The van der Waals surface area contributed by atoms with E-state index in [4.69, 9.17) is 18.9 Å². The number of methoxy groups -OCH3 is 2. The van der Waals surface area contributed by atoms with Crippen LogP contribution in [0.15, 0.2) is 30.3 Å². The average Bonchev–Trinajstić information content (AvgIpc) is 2.89. The molecule has 2 aromatic rings. The van der Waals surface area contributed by atoms with E-state index in [2.05, 4.69) is 50.8 Å². The van der Waals surface area contributed by atoms with Crippen molar-refractivity contribution < 1.29 is 18.9 Å². The Bertz CT molecular complexity index is 927. The van der Waals surface area contributed by atoms with Crippen LogP contribution in [-0.2, 0) is 6.42 Å². The molecule has 5 nitrogen and oxygen atoms in total. The van der Waals surface area contributed by atoms with Crippen LogP contribution in [0.4, 0.5) is 0 Å². The van der Waals surface area contributed by atoms with Crippen molar-refractivity contribution in [2.24, 2.45) is 5.92 Å². The highest BCUT2D eigenvalue weighted by molar-refractivity contribution is 5.71. The van der Waals surface area contributed by atoms with E-state index in [1.807, 2.05) is 12.1 Å². The quantitative estimate of drug-likeness (QED) is 0.287. The Morgan fingerprint density at radius 3 is 2.37 bits per heavy atom. The van der Waals surface area contributed by atoms with Gasteiger partial charge in [-0.2, -0.15) is 0 Å². The van der Waals surface area contributed by atoms with Gasteiger partial charge in [-0.05, 0) is 87.0 Å². The second-order valence-electron chi connectivity index (χ2n) is 9.85. The summed E-state index contributed by atoms with van der Waals surface area (Å²) in [7, 11) is 3.33. The molecule has 1 unspecified atom stereocenters. The van der Waals surface area contributed by atoms with E-state index >= 15 is 0 Å². The van der Waals surface area contributed by atoms with Gasteiger partial charge in [0.25, 0.3) is 0 Å². The topological polar surface area (TPSA) is 40.2 Å². The number of hydrogen-bond donors (Lipinski definition) is 0. The van der Waals surface area contributed by atoms with E-state index in [-0.39, 0.29) is 0 Å². The van der Waals surface area contributed by atoms with Gasteiger partial charge >= 0.3 is 0 Å². The molecule has 1 heterocycles. The molecule has 0 N–H and O–H groups in total. The number of hydrogen-bond acceptors (Lipinski definition) is 5. The third kappa shape index (κ3) is 7.30. The Kier molecular flexibility index (Phi) is 10.6. The van der Waals surface area contributed by atoms with Gasteiger partial charge in [0.1, 0.15) is 0 Å². The molecule has 3 rings (SSSR count). The van der Waals surface area contributed by atoms with Crippen LogP contribution in [0, 0.1) is 5.92 Å². The van der Waals surface area contributed by atoms with E-state index in [1.165, 1.54) is 37.8 Å². The van der Waals surface area contributed by atoms with E-state index in [9.17, 15) is 0 Å². The number of piperidine rings is 1. The molecule has 1 atom stereocenters. The summed E-state index contributed by atoms with van der Waals surface area (Å²) in [6, 6.07) is 11.0. The second-order valence-corrected chi connectivity index (χ2v) is 9.85. The van der Waals surface area contributed by atoms with Crippen LogP contribution in [0.3, 0.4) is 0 Å². The maximum absolute atomic E-state index is 6.56. The first kappa shape index (κ1) is 27.2. The first-order chi connectivity index (χ1) is 17.0. The Labute approximate surface area is 212 Å². The lowest BCUT2D eigenvalue weighted by Crippen LogP contribution is -2.41. The highest BCUT2D eigenvalue weighted by atomic mass is 16.5. The zero-order valence-electron chi connectivity index (χ0n) is 22.7. The van der Waals surface area contributed by atoms with Crippen LogP contribution < -0.4 is 18.9 Å². The minimum Gasteiger partial charge on any atom is -0.493 e. The van der Waals surface area contributed by atoms with Crippen molar-refractivity contribution in [3.63, 3.8) is 0 Å². The van der Waals surface area contributed by atoms with Crippen molar-refractivity contribution in [2.45, 2.75) is 72.3 Å². The van der Waals surface area contributed by atoms with Crippen LogP contribution in [0.5, 0.6) is 23.0 Å². The summed E-state index contributed by atoms with van der Waals surface area (Å²) >= 11 is 0. The van der Waals surface area contributed by atoms with Gasteiger partial charge in [0, 0.05) is 18.5 Å². The van der Waals surface area contributed by atoms with Gasteiger partial charge in [0.2, 0.25) is 0 Å². The summed E-state index contributed by atoms with van der Waals surface area (Å²) in [5, 5.41) is 0. The molecule has 1 aliphatic rings. The van der Waals surface area contributed by atoms with Gasteiger partial charge < -0.3 is 23.8 Å². The largest absolute Gasteiger partial charge is 0.493 e. The molecular formula is C30H45NO4. The molecule has 0 bridgehead atoms. The van der Waals surface area contributed by atoms with Crippen LogP contribution in [-0.4, -0.2) is 51.5 Å². The number of ether oxygens (including phenoxy) is 4. The molecule has 1 aliphatic heterocycles. The molecule has 35 heavy (non-hydrogen) atoms. The zero-order chi connectivity index (χ0) is 25.2. The van der Waals surface area contributed by atoms with Crippen molar-refractivity contribution in [3.8, 4) is 34.1 Å². The lowest BCUT2D eigenvalue weighted by atomic mass is 9.97. The number of benzene rings is 2. The summed E-state index contributed by atoms with van der Waals surface area (Å²) in [6.07, 6.45) is 6.74. The number of unbranched alkanes of at least 4 members (excludes halogenated alkanes) is 2. The number of likely N-dealkylation sites (tertiary alicyclic amines) is 1. The number of aryl methyl sites for hydroxylation is 1. The predicted octanol–water partition coefficient (Wildman–Crippen LogP) is 7.00. The van der Waals surface area contributed by atoms with Crippen molar-refractivity contribution >= 4 is 0 Å². The third-order valence-electron chi connectivity index (χ3n) is 6.98. The summed E-state index contributed by atoms with van der Waals surface area (Å²) in [6.45, 7) is 12.7. The Morgan fingerprint density at radius 1 is 0.914 bits per heavy atom. The van der Waals surface area contributed by atoms with Crippen molar-refractivity contribution in [3.05, 3.63) is 35.9 Å². The maximum Gasteiger partial charge on any atom is 0.164 e. The molecular weight excluding hydrogens is 438 g/mol. The molecule has 0 saturated carbocycles.